The minimum absolute atomic E-state index is 0.112. The molecule has 1 heterocycles. The molecule has 32 heavy (non-hydrogen) atoms. The zero-order valence-corrected chi connectivity index (χ0v) is 19.2. The van der Waals surface area contributed by atoms with Crippen LogP contribution >= 0.6 is 0 Å². The first-order valence-electron chi connectivity index (χ1n) is 10.7. The molecule has 0 saturated heterocycles. The number of esters is 1. The Morgan fingerprint density at radius 1 is 1.06 bits per heavy atom. The number of rotatable bonds is 11. The highest BCUT2D eigenvalue weighted by Crippen LogP contribution is 2.27. The van der Waals surface area contributed by atoms with Crippen LogP contribution in [0.4, 0.5) is 0 Å². The molecule has 1 aromatic carbocycles. The molecule has 2 aromatic rings. The summed E-state index contributed by atoms with van der Waals surface area (Å²) < 4.78 is 16.7. The highest BCUT2D eigenvalue weighted by atomic mass is 16.6. The van der Waals surface area contributed by atoms with Crippen molar-refractivity contribution in [3.63, 3.8) is 0 Å². The molecule has 174 valence electrons. The number of methoxy groups -OCH3 is 1. The summed E-state index contributed by atoms with van der Waals surface area (Å²) in [6.07, 6.45) is 1.93. The van der Waals surface area contributed by atoms with Crippen LogP contribution in [0.2, 0.25) is 0 Å². The maximum absolute atomic E-state index is 12.7. The van der Waals surface area contributed by atoms with Gasteiger partial charge in [-0.1, -0.05) is 32.0 Å². The van der Waals surface area contributed by atoms with Gasteiger partial charge in [-0.25, -0.2) is 9.78 Å². The largest absolute Gasteiger partial charge is 0.503 e. The number of hydrogen-bond donors (Lipinski definition) is 2. The maximum atomic E-state index is 12.7. The maximum Gasteiger partial charge on any atom is 0.328 e. The van der Waals surface area contributed by atoms with Crippen LogP contribution in [0.15, 0.2) is 42.6 Å². The molecule has 8 nitrogen and oxygen atoms in total. The molecule has 3 atom stereocenters. The summed E-state index contributed by atoms with van der Waals surface area (Å²) in [4.78, 5) is 29.1. The second kappa shape index (κ2) is 11.9. The lowest BCUT2D eigenvalue weighted by Crippen LogP contribution is -2.43. The number of carbonyl (C=O) groups is 2. The van der Waals surface area contributed by atoms with E-state index in [4.69, 9.17) is 14.2 Å². The third kappa shape index (κ3) is 7.14. The summed E-state index contributed by atoms with van der Waals surface area (Å²) >= 11 is 0. The average Bonchev–Trinajstić information content (AvgIpc) is 2.76. The second-order valence-electron chi connectivity index (χ2n) is 7.99. The fourth-order valence-corrected chi connectivity index (χ4v) is 3.02. The van der Waals surface area contributed by atoms with E-state index in [2.05, 4.69) is 24.1 Å². The molecule has 0 fully saturated rings. The van der Waals surface area contributed by atoms with Crippen LogP contribution in [-0.4, -0.2) is 47.3 Å². The summed E-state index contributed by atoms with van der Waals surface area (Å²) in [6.45, 7) is 7.56. The molecule has 0 aliphatic carbocycles. The lowest BCUT2D eigenvalue weighted by atomic mass is 10.0. The zero-order chi connectivity index (χ0) is 23.7. The molecule has 8 heteroatoms. The van der Waals surface area contributed by atoms with E-state index in [1.807, 2.05) is 37.3 Å². The Bertz CT molecular complexity index is 887. The van der Waals surface area contributed by atoms with E-state index in [1.165, 1.54) is 26.3 Å². The molecule has 0 unspecified atom stereocenters. The minimum Gasteiger partial charge on any atom is -0.503 e. The van der Waals surface area contributed by atoms with Crippen molar-refractivity contribution in [2.75, 3.05) is 7.11 Å². The van der Waals surface area contributed by atoms with Crippen molar-refractivity contribution in [2.45, 2.75) is 58.8 Å². The van der Waals surface area contributed by atoms with Gasteiger partial charge in [-0.05, 0) is 44.7 Å². The Balaban J connectivity index is 2.04. The van der Waals surface area contributed by atoms with Gasteiger partial charge in [0, 0.05) is 12.3 Å². The van der Waals surface area contributed by atoms with Gasteiger partial charge in [-0.3, -0.25) is 4.79 Å². The minimum atomic E-state index is -0.958. The van der Waals surface area contributed by atoms with Crippen LogP contribution in [0.25, 0.3) is 0 Å². The number of nitrogens with one attached hydrogen (secondary N) is 1. The SMILES string of the molecule is COc1ccnc(C(=O)N[C@@H](C)C(=O)O[C@@H](CCC(C)C)[C@@H](C)Oc2ccccc2)c1O. The van der Waals surface area contributed by atoms with E-state index in [9.17, 15) is 14.7 Å². The Kier molecular flexibility index (Phi) is 9.31. The van der Waals surface area contributed by atoms with Gasteiger partial charge < -0.3 is 24.6 Å². The molecule has 0 spiro atoms. The van der Waals surface area contributed by atoms with Crippen LogP contribution in [0.3, 0.4) is 0 Å². The summed E-state index contributed by atoms with van der Waals surface area (Å²) in [5.74, 6) is -0.476. The Morgan fingerprint density at radius 3 is 2.38 bits per heavy atom. The lowest BCUT2D eigenvalue weighted by Gasteiger charge is -2.27. The third-order valence-corrected chi connectivity index (χ3v) is 4.91. The van der Waals surface area contributed by atoms with Gasteiger partial charge >= 0.3 is 5.97 Å². The van der Waals surface area contributed by atoms with Crippen molar-refractivity contribution >= 4 is 11.9 Å². The lowest BCUT2D eigenvalue weighted by molar-refractivity contribution is -0.156. The monoisotopic (exact) mass is 444 g/mol. The van der Waals surface area contributed by atoms with Crippen molar-refractivity contribution in [3.05, 3.63) is 48.3 Å². The van der Waals surface area contributed by atoms with E-state index < -0.39 is 29.8 Å². The number of pyridine rings is 1. The first-order chi connectivity index (χ1) is 15.2. The Labute approximate surface area is 188 Å². The van der Waals surface area contributed by atoms with E-state index in [0.717, 1.165) is 6.42 Å². The predicted molar refractivity (Wildman–Crippen MR) is 120 cm³/mol. The molecular weight excluding hydrogens is 412 g/mol. The summed E-state index contributed by atoms with van der Waals surface area (Å²) in [5.41, 5.74) is -0.235. The molecule has 0 aliphatic heterocycles. The second-order valence-corrected chi connectivity index (χ2v) is 7.99. The molecule has 0 bridgehead atoms. The average molecular weight is 445 g/mol. The standard InChI is InChI=1S/C24H32N2O6/c1-15(2)11-12-19(17(4)31-18-9-7-6-8-10-18)32-24(29)16(3)26-23(28)21-22(27)20(30-5)13-14-25-21/h6-10,13-17,19,27H,11-12H2,1-5H3,(H,26,28)/t16-,17+,19-/m0/s1. The van der Waals surface area contributed by atoms with Crippen molar-refractivity contribution in [1.82, 2.24) is 10.3 Å². The van der Waals surface area contributed by atoms with Crippen molar-refractivity contribution < 1.29 is 28.9 Å². The molecule has 0 saturated carbocycles. The van der Waals surface area contributed by atoms with Crippen LogP contribution < -0.4 is 14.8 Å². The highest BCUT2D eigenvalue weighted by Gasteiger charge is 2.28. The highest BCUT2D eigenvalue weighted by molar-refractivity contribution is 5.97. The van der Waals surface area contributed by atoms with Crippen molar-refractivity contribution in [1.29, 1.82) is 0 Å². The molecule has 2 N–H and O–H groups in total. The quantitative estimate of drug-likeness (QED) is 0.509. The molecule has 1 amide bonds. The van der Waals surface area contributed by atoms with Gasteiger partial charge in [0.15, 0.2) is 17.2 Å². The number of ether oxygens (including phenoxy) is 3. The summed E-state index contributed by atoms with van der Waals surface area (Å²) in [6, 6.07) is 9.79. The smallest absolute Gasteiger partial charge is 0.328 e. The van der Waals surface area contributed by atoms with Gasteiger partial charge in [-0.2, -0.15) is 0 Å². The zero-order valence-electron chi connectivity index (χ0n) is 19.2. The molecule has 0 aliphatic rings. The number of hydrogen-bond acceptors (Lipinski definition) is 7. The fourth-order valence-electron chi connectivity index (χ4n) is 3.02. The predicted octanol–water partition coefficient (Wildman–Crippen LogP) is 3.73. The van der Waals surface area contributed by atoms with E-state index >= 15 is 0 Å². The first kappa shape index (κ1) is 25.0. The van der Waals surface area contributed by atoms with E-state index in [-0.39, 0.29) is 17.5 Å². The summed E-state index contributed by atoms with van der Waals surface area (Å²) in [5, 5.41) is 12.6. The fraction of sp³-hybridized carbons (Fsp3) is 0.458. The number of carbonyl (C=O) groups excluding carboxylic acids is 2. The van der Waals surface area contributed by atoms with Gasteiger partial charge in [0.1, 0.15) is 24.0 Å². The summed E-state index contributed by atoms with van der Waals surface area (Å²) in [7, 11) is 1.37. The van der Waals surface area contributed by atoms with Crippen molar-refractivity contribution in [2.24, 2.45) is 5.92 Å². The van der Waals surface area contributed by atoms with E-state index in [1.54, 1.807) is 0 Å². The number of para-hydroxylation sites is 1. The molecule has 0 radical (unpaired) electrons. The van der Waals surface area contributed by atoms with E-state index in [0.29, 0.717) is 18.1 Å². The number of aromatic hydroxyl groups is 1. The van der Waals surface area contributed by atoms with Crippen LogP contribution in [0, 0.1) is 5.92 Å². The van der Waals surface area contributed by atoms with Gasteiger partial charge in [0.05, 0.1) is 7.11 Å². The van der Waals surface area contributed by atoms with Crippen LogP contribution in [-0.2, 0) is 9.53 Å². The van der Waals surface area contributed by atoms with Gasteiger partial charge in [0.2, 0.25) is 0 Å². The third-order valence-electron chi connectivity index (χ3n) is 4.91. The number of benzene rings is 1. The normalized spacial score (nSPS) is 13.7. The number of aromatic nitrogens is 1. The van der Waals surface area contributed by atoms with Crippen LogP contribution in [0.5, 0.6) is 17.2 Å². The van der Waals surface area contributed by atoms with Crippen LogP contribution in [0.1, 0.15) is 51.0 Å². The molecule has 2 rings (SSSR count). The topological polar surface area (TPSA) is 107 Å². The molecular formula is C24H32N2O6. The Hall–Kier alpha value is -3.29. The van der Waals surface area contributed by atoms with Gasteiger partial charge in [-0.15, -0.1) is 0 Å². The Morgan fingerprint density at radius 2 is 1.75 bits per heavy atom. The number of nitrogens with zero attached hydrogens (tertiary/aromatic N) is 1. The molecule has 1 aromatic heterocycles. The number of amides is 1. The first-order valence-corrected chi connectivity index (χ1v) is 10.7. The van der Waals surface area contributed by atoms with Gasteiger partial charge in [0.25, 0.3) is 5.91 Å². The van der Waals surface area contributed by atoms with Crippen molar-refractivity contribution in [3.8, 4) is 17.2 Å².